The van der Waals surface area contributed by atoms with Gasteiger partial charge in [-0.3, -0.25) is 9.80 Å². The van der Waals surface area contributed by atoms with Crippen LogP contribution >= 0.6 is 0 Å². The summed E-state index contributed by atoms with van der Waals surface area (Å²) in [5, 5.41) is 5.59. The maximum absolute atomic E-state index is 12.7. The van der Waals surface area contributed by atoms with Crippen molar-refractivity contribution in [1.82, 2.24) is 10.2 Å². The fourth-order valence-electron chi connectivity index (χ4n) is 5.22. The van der Waals surface area contributed by atoms with E-state index in [1.54, 1.807) is 0 Å². The minimum absolute atomic E-state index is 0.0282. The fraction of sp³-hybridized carbons (Fsp3) is 0.346. The highest BCUT2D eigenvalue weighted by Crippen LogP contribution is 2.47. The molecule has 154 valence electrons. The summed E-state index contributed by atoms with van der Waals surface area (Å²) >= 11 is 0. The topological polar surface area (TPSA) is 35.6 Å². The highest BCUT2D eigenvalue weighted by atomic mass is 16.2. The van der Waals surface area contributed by atoms with Gasteiger partial charge in [-0.1, -0.05) is 54.6 Å². The van der Waals surface area contributed by atoms with Gasteiger partial charge in [0.05, 0.1) is 0 Å². The number of benzene rings is 3. The Morgan fingerprint density at radius 2 is 1.70 bits per heavy atom. The van der Waals surface area contributed by atoms with Gasteiger partial charge in [-0.05, 0) is 66.9 Å². The summed E-state index contributed by atoms with van der Waals surface area (Å²) in [6.07, 6.45) is 2.18. The van der Waals surface area contributed by atoms with Gasteiger partial charge in [0.1, 0.15) is 0 Å². The van der Waals surface area contributed by atoms with Crippen LogP contribution < -0.4 is 10.2 Å². The molecule has 0 saturated carbocycles. The molecule has 2 aliphatic rings. The second kappa shape index (κ2) is 7.77. The van der Waals surface area contributed by atoms with Crippen LogP contribution in [0.4, 0.5) is 10.5 Å². The average molecular weight is 400 g/mol. The van der Waals surface area contributed by atoms with Crippen LogP contribution in [0.15, 0.2) is 66.7 Å². The van der Waals surface area contributed by atoms with Crippen molar-refractivity contribution in [1.29, 1.82) is 0 Å². The number of nitrogens with one attached hydrogen (secondary N) is 1. The lowest BCUT2D eigenvalue weighted by Crippen LogP contribution is -2.47. The Bertz CT molecular complexity index is 1070. The molecule has 2 amide bonds. The van der Waals surface area contributed by atoms with Crippen molar-refractivity contribution in [2.45, 2.75) is 31.7 Å². The van der Waals surface area contributed by atoms with Crippen molar-refractivity contribution in [2.24, 2.45) is 0 Å². The zero-order valence-corrected chi connectivity index (χ0v) is 17.6. The Morgan fingerprint density at radius 1 is 0.967 bits per heavy atom. The van der Waals surface area contributed by atoms with E-state index in [4.69, 9.17) is 0 Å². The summed E-state index contributed by atoms with van der Waals surface area (Å²) < 4.78 is 0. The molecular weight excluding hydrogens is 370 g/mol. The van der Waals surface area contributed by atoms with E-state index in [9.17, 15) is 4.79 Å². The smallest absolute Gasteiger partial charge is 0.321 e. The third-order valence-corrected chi connectivity index (χ3v) is 6.83. The lowest BCUT2D eigenvalue weighted by Gasteiger charge is -2.40. The molecular formula is C26H29N3O. The van der Waals surface area contributed by atoms with E-state index >= 15 is 0 Å². The summed E-state index contributed by atoms with van der Waals surface area (Å²) in [7, 11) is 0. The van der Waals surface area contributed by atoms with Gasteiger partial charge in [-0.25, -0.2) is 4.79 Å². The molecule has 0 radical (unpaired) electrons. The normalized spacial score (nSPS) is 18.0. The molecule has 1 N–H and O–H groups in total. The first-order valence-electron chi connectivity index (χ1n) is 11.0. The molecule has 3 aromatic rings. The number of fused-ring (bicyclic) bond motifs is 3. The van der Waals surface area contributed by atoms with E-state index in [0.29, 0.717) is 6.54 Å². The van der Waals surface area contributed by atoms with Gasteiger partial charge in [-0.2, -0.15) is 0 Å². The molecule has 1 saturated heterocycles. The van der Waals surface area contributed by atoms with Crippen LogP contribution in [-0.2, 0) is 12.0 Å². The first kappa shape index (κ1) is 19.1. The maximum Gasteiger partial charge on any atom is 0.321 e. The molecule has 0 bridgehead atoms. The average Bonchev–Trinajstić information content (AvgIpc) is 3.10. The molecule has 2 aliphatic heterocycles. The zero-order chi connectivity index (χ0) is 20.6. The Labute approximate surface area is 178 Å². The molecule has 1 spiro atoms. The van der Waals surface area contributed by atoms with Crippen LogP contribution in [0.1, 0.15) is 30.9 Å². The third-order valence-electron chi connectivity index (χ3n) is 6.83. The molecule has 5 rings (SSSR count). The van der Waals surface area contributed by atoms with Crippen LogP contribution in [0.2, 0.25) is 0 Å². The van der Waals surface area contributed by atoms with Crippen LogP contribution in [0.5, 0.6) is 0 Å². The molecule has 2 heterocycles. The van der Waals surface area contributed by atoms with Crippen molar-refractivity contribution < 1.29 is 4.79 Å². The maximum atomic E-state index is 12.7. The van der Waals surface area contributed by atoms with Crippen molar-refractivity contribution in [3.05, 3.63) is 77.9 Å². The van der Waals surface area contributed by atoms with Crippen LogP contribution in [-0.4, -0.2) is 37.1 Å². The van der Waals surface area contributed by atoms with Gasteiger partial charge >= 0.3 is 6.03 Å². The summed E-state index contributed by atoms with van der Waals surface area (Å²) in [6, 6.07) is 23.9. The number of carbonyl (C=O) groups excluding carboxylic acids is 1. The van der Waals surface area contributed by atoms with Gasteiger partial charge in [0.2, 0.25) is 0 Å². The fourth-order valence-corrected chi connectivity index (χ4v) is 5.22. The summed E-state index contributed by atoms with van der Waals surface area (Å²) in [4.78, 5) is 17.2. The molecule has 0 atom stereocenters. The monoisotopic (exact) mass is 399 g/mol. The minimum Gasteiger partial charge on any atom is -0.338 e. The number of hydrogen-bond donors (Lipinski definition) is 1. The first-order valence-corrected chi connectivity index (χ1v) is 11.0. The number of likely N-dealkylation sites (tertiary alicyclic amines) is 1. The van der Waals surface area contributed by atoms with E-state index in [2.05, 4.69) is 70.9 Å². The van der Waals surface area contributed by atoms with Crippen molar-refractivity contribution in [3.63, 3.8) is 0 Å². The number of nitrogens with zero attached hydrogens (tertiary/aromatic N) is 2. The van der Waals surface area contributed by atoms with Crippen molar-refractivity contribution >= 4 is 22.5 Å². The SMILES string of the molecule is CCNC(=O)N1CC2(CCN(Cc3ccc4ccccc4c3)CC2)c2ccccc21. The highest BCUT2D eigenvalue weighted by Gasteiger charge is 2.46. The minimum atomic E-state index is 0.0282. The van der Waals surface area contributed by atoms with E-state index < -0.39 is 0 Å². The van der Waals surface area contributed by atoms with E-state index in [1.165, 1.54) is 21.9 Å². The zero-order valence-electron chi connectivity index (χ0n) is 17.6. The van der Waals surface area contributed by atoms with Crippen molar-refractivity contribution in [2.75, 3.05) is 31.1 Å². The number of rotatable bonds is 3. The second-order valence-electron chi connectivity index (χ2n) is 8.68. The summed E-state index contributed by atoms with van der Waals surface area (Å²) in [5.41, 5.74) is 3.90. The molecule has 0 aliphatic carbocycles. The highest BCUT2D eigenvalue weighted by molar-refractivity contribution is 5.95. The lowest BCUT2D eigenvalue weighted by molar-refractivity contribution is 0.159. The number of para-hydroxylation sites is 1. The largest absolute Gasteiger partial charge is 0.338 e. The number of carbonyl (C=O) groups is 1. The summed E-state index contributed by atoms with van der Waals surface area (Å²) in [5.74, 6) is 0. The van der Waals surface area contributed by atoms with Crippen molar-refractivity contribution in [3.8, 4) is 0 Å². The molecule has 4 heteroatoms. The number of piperidine rings is 1. The van der Waals surface area contributed by atoms with Crippen LogP contribution in [0.25, 0.3) is 10.8 Å². The number of urea groups is 1. The number of anilines is 1. The second-order valence-corrected chi connectivity index (χ2v) is 8.68. The molecule has 0 unspecified atom stereocenters. The Kier molecular flexibility index (Phi) is 4.95. The molecule has 1 fully saturated rings. The number of amides is 2. The van der Waals surface area contributed by atoms with Crippen LogP contribution in [0, 0.1) is 0 Å². The Hall–Kier alpha value is -2.85. The standard InChI is InChI=1S/C26H29N3O/c1-2-27-25(30)29-19-26(23-9-5-6-10-24(23)29)13-15-28(16-14-26)18-20-11-12-21-7-3-4-8-22(21)17-20/h3-12,17H,2,13-16,18-19H2,1H3,(H,27,30). The van der Waals surface area contributed by atoms with E-state index in [0.717, 1.165) is 44.7 Å². The van der Waals surface area contributed by atoms with Crippen LogP contribution in [0.3, 0.4) is 0 Å². The predicted molar refractivity (Wildman–Crippen MR) is 123 cm³/mol. The van der Waals surface area contributed by atoms with Gasteiger partial charge in [0.25, 0.3) is 0 Å². The molecule has 4 nitrogen and oxygen atoms in total. The first-order chi connectivity index (χ1) is 14.7. The molecule has 3 aromatic carbocycles. The third kappa shape index (κ3) is 3.35. The van der Waals surface area contributed by atoms with Gasteiger partial charge in [-0.15, -0.1) is 0 Å². The van der Waals surface area contributed by atoms with Gasteiger partial charge in [0.15, 0.2) is 0 Å². The number of hydrogen-bond acceptors (Lipinski definition) is 2. The summed E-state index contributed by atoms with van der Waals surface area (Å²) in [6.45, 7) is 6.53. The quantitative estimate of drug-likeness (QED) is 0.678. The lowest BCUT2D eigenvalue weighted by atomic mass is 9.74. The van der Waals surface area contributed by atoms with E-state index in [-0.39, 0.29) is 11.4 Å². The molecule has 30 heavy (non-hydrogen) atoms. The Morgan fingerprint density at radius 3 is 2.50 bits per heavy atom. The molecule has 0 aromatic heterocycles. The van der Waals surface area contributed by atoms with Gasteiger partial charge in [0, 0.05) is 30.7 Å². The van der Waals surface area contributed by atoms with E-state index in [1.807, 2.05) is 17.9 Å². The predicted octanol–water partition coefficient (Wildman–Crippen LogP) is 4.92. The van der Waals surface area contributed by atoms with Gasteiger partial charge < -0.3 is 5.32 Å². The Balaban J connectivity index is 1.31.